The number of rotatable bonds is 5. The summed E-state index contributed by atoms with van der Waals surface area (Å²) in [5.74, 6) is -0.160. The van der Waals surface area contributed by atoms with E-state index in [1.54, 1.807) is 6.92 Å². The summed E-state index contributed by atoms with van der Waals surface area (Å²) in [7, 11) is 0. The van der Waals surface area contributed by atoms with Crippen molar-refractivity contribution >= 4 is 5.71 Å². The van der Waals surface area contributed by atoms with Crippen LogP contribution in [0.15, 0.2) is 29.7 Å². The fraction of sp³-hybridized carbons (Fsp3) is 0.286. The van der Waals surface area contributed by atoms with Gasteiger partial charge in [-0.25, -0.2) is 4.39 Å². The zero-order valence-corrected chi connectivity index (χ0v) is 11.0. The summed E-state index contributed by atoms with van der Waals surface area (Å²) in [6.07, 6.45) is 0.981. The van der Waals surface area contributed by atoms with E-state index in [-0.39, 0.29) is 22.8 Å². The van der Waals surface area contributed by atoms with E-state index in [1.807, 2.05) is 13.0 Å². The quantitative estimate of drug-likeness (QED) is 0.631. The number of nitriles is 1. The molecule has 0 bridgehead atoms. The molecule has 0 aromatic heterocycles. The molecule has 0 aliphatic carbocycles. The molecule has 0 atom stereocenters. The summed E-state index contributed by atoms with van der Waals surface area (Å²) in [5, 5.41) is 16.6. The second-order valence-electron chi connectivity index (χ2n) is 3.93. The van der Waals surface area contributed by atoms with E-state index in [9.17, 15) is 4.39 Å². The van der Waals surface area contributed by atoms with Crippen molar-refractivity contribution in [3.8, 4) is 11.8 Å². The Labute approximate surface area is 111 Å². The van der Waals surface area contributed by atoms with Crippen LogP contribution in [0.5, 0.6) is 5.75 Å². The minimum atomic E-state index is -0.563. The second-order valence-corrected chi connectivity index (χ2v) is 3.93. The number of halogens is 1. The number of nitrogens with one attached hydrogen (secondary N) is 1. The fourth-order valence-electron chi connectivity index (χ4n) is 1.45. The molecule has 0 aliphatic rings. The van der Waals surface area contributed by atoms with Gasteiger partial charge in [-0.15, -0.1) is 0 Å². The van der Waals surface area contributed by atoms with Crippen molar-refractivity contribution in [1.29, 1.82) is 10.7 Å². The highest BCUT2D eigenvalue weighted by atomic mass is 19.1. The van der Waals surface area contributed by atoms with Gasteiger partial charge in [0.15, 0.2) is 5.76 Å². The molecule has 0 fully saturated rings. The summed E-state index contributed by atoms with van der Waals surface area (Å²) in [6.45, 7) is 3.65. The molecule has 1 rings (SSSR count). The first-order chi connectivity index (χ1) is 9.01. The lowest BCUT2D eigenvalue weighted by molar-refractivity contribution is 0.438. The number of hydrogen-bond acceptors (Lipinski definition) is 4. The fourth-order valence-corrected chi connectivity index (χ4v) is 1.45. The van der Waals surface area contributed by atoms with Gasteiger partial charge in [0.25, 0.3) is 0 Å². The van der Waals surface area contributed by atoms with Crippen molar-refractivity contribution < 1.29 is 9.13 Å². The minimum Gasteiger partial charge on any atom is -0.454 e. The van der Waals surface area contributed by atoms with Gasteiger partial charge in [-0.1, -0.05) is 13.8 Å². The molecule has 5 heteroatoms. The van der Waals surface area contributed by atoms with Crippen LogP contribution in [0.25, 0.3) is 0 Å². The molecular weight excluding hydrogens is 245 g/mol. The van der Waals surface area contributed by atoms with Crippen LogP contribution in [0.3, 0.4) is 0 Å². The molecule has 3 N–H and O–H groups in total. The third-order valence-electron chi connectivity index (χ3n) is 2.52. The lowest BCUT2D eigenvalue weighted by atomic mass is 10.1. The molecule has 0 saturated carbocycles. The normalized spacial score (nSPS) is 11.5. The van der Waals surface area contributed by atoms with Crippen molar-refractivity contribution in [3.63, 3.8) is 0 Å². The smallest absolute Gasteiger partial charge is 0.166 e. The average Bonchev–Trinajstić information content (AvgIpc) is 2.42. The maximum absolute atomic E-state index is 13.3. The predicted molar refractivity (Wildman–Crippen MR) is 71.3 cm³/mol. The van der Waals surface area contributed by atoms with Gasteiger partial charge < -0.3 is 15.9 Å². The van der Waals surface area contributed by atoms with Crippen LogP contribution >= 0.6 is 0 Å². The zero-order chi connectivity index (χ0) is 14.4. The summed E-state index contributed by atoms with van der Waals surface area (Å²) < 4.78 is 18.8. The van der Waals surface area contributed by atoms with E-state index in [0.29, 0.717) is 18.5 Å². The molecule has 0 radical (unpaired) electrons. The molecule has 0 amide bonds. The first-order valence-electron chi connectivity index (χ1n) is 5.96. The summed E-state index contributed by atoms with van der Waals surface area (Å²) in [5.41, 5.74) is 6.63. The Morgan fingerprint density at radius 2 is 2.05 bits per heavy atom. The van der Waals surface area contributed by atoms with Crippen LogP contribution in [0.2, 0.25) is 0 Å². The van der Waals surface area contributed by atoms with Gasteiger partial charge >= 0.3 is 0 Å². The number of benzene rings is 1. The highest BCUT2D eigenvalue weighted by Crippen LogP contribution is 2.20. The van der Waals surface area contributed by atoms with Crippen molar-refractivity contribution in [3.05, 3.63) is 41.0 Å². The molecule has 0 aliphatic heterocycles. The highest BCUT2D eigenvalue weighted by molar-refractivity contribution is 5.96. The van der Waals surface area contributed by atoms with E-state index in [2.05, 4.69) is 0 Å². The Hall–Kier alpha value is -2.35. The summed E-state index contributed by atoms with van der Waals surface area (Å²) in [6, 6.07) is 5.53. The molecule has 0 unspecified atom stereocenters. The average molecular weight is 261 g/mol. The second kappa shape index (κ2) is 6.55. The Kier molecular flexibility index (Phi) is 5.07. The number of nitrogens with zero attached hydrogens (tertiary/aromatic N) is 1. The van der Waals surface area contributed by atoms with Crippen molar-refractivity contribution in [1.82, 2.24) is 0 Å². The molecule has 100 valence electrons. The van der Waals surface area contributed by atoms with Crippen LogP contribution in [-0.2, 0) is 0 Å². The standard InChI is InChI=1S/C14H16FN3O/c1-3-12(17)14(13(18)4-2)19-11-6-9(8-16)5-10(15)7-11/h5-7,17H,3-4,18H2,1-2H3. The summed E-state index contributed by atoms with van der Waals surface area (Å²) in [4.78, 5) is 0. The van der Waals surface area contributed by atoms with Gasteiger partial charge in [-0.2, -0.15) is 5.26 Å². The Morgan fingerprint density at radius 3 is 2.58 bits per heavy atom. The first kappa shape index (κ1) is 14.7. The number of hydrogen-bond donors (Lipinski definition) is 2. The third-order valence-corrected chi connectivity index (χ3v) is 2.52. The predicted octanol–water partition coefficient (Wildman–Crippen LogP) is 3.09. The van der Waals surface area contributed by atoms with Crippen molar-refractivity contribution in [2.24, 2.45) is 5.73 Å². The minimum absolute atomic E-state index is 0.160. The van der Waals surface area contributed by atoms with Crippen LogP contribution in [0.1, 0.15) is 32.3 Å². The van der Waals surface area contributed by atoms with E-state index in [0.717, 1.165) is 12.1 Å². The lowest BCUT2D eigenvalue weighted by Gasteiger charge is -2.13. The van der Waals surface area contributed by atoms with Crippen LogP contribution < -0.4 is 10.5 Å². The molecular formula is C14H16FN3O. The van der Waals surface area contributed by atoms with Gasteiger partial charge in [0.1, 0.15) is 11.6 Å². The van der Waals surface area contributed by atoms with E-state index < -0.39 is 5.82 Å². The number of ether oxygens (including phenoxy) is 1. The molecule has 19 heavy (non-hydrogen) atoms. The Morgan fingerprint density at radius 1 is 1.37 bits per heavy atom. The molecule has 4 nitrogen and oxygen atoms in total. The van der Waals surface area contributed by atoms with Gasteiger partial charge in [-0.05, 0) is 25.0 Å². The molecule has 0 heterocycles. The largest absolute Gasteiger partial charge is 0.454 e. The molecule has 0 saturated heterocycles. The maximum atomic E-state index is 13.3. The molecule has 0 spiro atoms. The maximum Gasteiger partial charge on any atom is 0.166 e. The van der Waals surface area contributed by atoms with Crippen LogP contribution in [0.4, 0.5) is 4.39 Å². The van der Waals surface area contributed by atoms with Crippen molar-refractivity contribution in [2.45, 2.75) is 26.7 Å². The van der Waals surface area contributed by atoms with E-state index >= 15 is 0 Å². The number of nitrogens with two attached hydrogens (primary N) is 1. The van der Waals surface area contributed by atoms with Gasteiger partial charge in [0.05, 0.1) is 23.0 Å². The Balaban J connectivity index is 3.15. The van der Waals surface area contributed by atoms with Gasteiger partial charge in [0.2, 0.25) is 0 Å². The monoisotopic (exact) mass is 261 g/mol. The zero-order valence-electron chi connectivity index (χ0n) is 11.0. The third kappa shape index (κ3) is 3.81. The van der Waals surface area contributed by atoms with Crippen LogP contribution in [0, 0.1) is 22.6 Å². The Bertz CT molecular complexity index is 558. The SMILES string of the molecule is CCC(=N)C(Oc1cc(F)cc(C#N)c1)=C(N)CC. The first-order valence-corrected chi connectivity index (χ1v) is 5.96. The summed E-state index contributed by atoms with van der Waals surface area (Å²) >= 11 is 0. The molecule has 1 aromatic carbocycles. The van der Waals surface area contributed by atoms with E-state index in [4.69, 9.17) is 21.1 Å². The lowest BCUT2D eigenvalue weighted by Crippen LogP contribution is -2.15. The van der Waals surface area contributed by atoms with Crippen LogP contribution in [-0.4, -0.2) is 5.71 Å². The van der Waals surface area contributed by atoms with Crippen molar-refractivity contribution in [2.75, 3.05) is 0 Å². The number of allylic oxidation sites excluding steroid dienone is 2. The van der Waals surface area contributed by atoms with E-state index in [1.165, 1.54) is 6.07 Å². The van der Waals surface area contributed by atoms with Gasteiger partial charge in [-0.3, -0.25) is 0 Å². The highest BCUT2D eigenvalue weighted by Gasteiger charge is 2.12. The van der Waals surface area contributed by atoms with Gasteiger partial charge in [0, 0.05) is 6.07 Å². The topological polar surface area (TPSA) is 82.9 Å². The molecule has 1 aromatic rings.